The quantitative estimate of drug-likeness (QED) is 0.104. The van der Waals surface area contributed by atoms with E-state index in [1.54, 1.807) is 51.8 Å². The lowest BCUT2D eigenvalue weighted by Crippen LogP contribution is -2.46. The number of aromatic hydroxyl groups is 3. The Hall–Kier alpha value is -5.16. The highest BCUT2D eigenvalue weighted by Crippen LogP contribution is 2.55. The predicted octanol–water partition coefficient (Wildman–Crippen LogP) is 4.73. The number of anilines is 1. The van der Waals surface area contributed by atoms with E-state index in [1.807, 2.05) is 7.05 Å². The molecule has 1 fully saturated rings. The fourth-order valence-electron chi connectivity index (χ4n) is 8.03. The van der Waals surface area contributed by atoms with Crippen molar-refractivity contribution in [3.05, 3.63) is 52.8 Å². The third kappa shape index (κ3) is 9.11. The monoisotopic (exact) mass is 836 g/mol. The van der Waals surface area contributed by atoms with Crippen molar-refractivity contribution in [3.8, 4) is 23.0 Å². The molecule has 0 unspecified atom stereocenters. The van der Waals surface area contributed by atoms with Gasteiger partial charge in [-0.1, -0.05) is 45.9 Å². The lowest BCUT2D eigenvalue weighted by atomic mass is 9.78. The molecule has 0 aromatic heterocycles. The van der Waals surface area contributed by atoms with Crippen molar-refractivity contribution in [2.24, 2.45) is 28.8 Å². The zero-order valence-electron chi connectivity index (χ0n) is 36.1. The molecule has 1 amide bonds. The first-order valence-corrected chi connectivity index (χ1v) is 20.4. The summed E-state index contributed by atoms with van der Waals surface area (Å²) in [5, 5.41) is 67.0. The Morgan fingerprint density at radius 3 is 2.27 bits per heavy atom. The molecule has 5 bridgehead atoms. The summed E-state index contributed by atoms with van der Waals surface area (Å²) in [7, 11) is 1.99. The van der Waals surface area contributed by atoms with Crippen molar-refractivity contribution in [1.29, 1.82) is 0 Å². The second-order valence-corrected chi connectivity index (χ2v) is 16.3. The molecule has 328 valence electrons. The van der Waals surface area contributed by atoms with Gasteiger partial charge in [0.15, 0.2) is 5.75 Å². The molecule has 0 spiro atoms. The molecule has 16 nitrogen and oxygen atoms in total. The Labute approximate surface area is 350 Å². The van der Waals surface area contributed by atoms with Crippen molar-refractivity contribution < 1.29 is 58.9 Å². The number of fused-ring (bicyclic) bond motifs is 14. The molecular formula is C44H60N4O12. The standard InChI is InChI=1S/C44H60N4O12/c1-11-57-30-15-20-58-44(9)42(55)33-31-32(37(52)27(7)41(33)60-44)39(54)34(29(38(31)53)21-45-48-18-16-47(10)17-19-48)46-43(56)23(3)14-12-13-22(2)35(50)25(5)36(51)26(6)40(24(30)4)59-28(8)49/h12-15,20-22,24-26,30,35-36,40,50-54H,11,16-19H2,1-10H3,(H,46,56)/b13-12+,20-15+,23-14-,45-21+/t22-,24+,25+,26+,30-,35-,36+,40+,44-/m0/s1. The van der Waals surface area contributed by atoms with Crippen LogP contribution in [0.3, 0.4) is 0 Å². The molecule has 16 heteroatoms. The number of esters is 1. The maximum Gasteiger partial charge on any atom is 0.312 e. The number of likely N-dealkylation sites (N-methyl/N-ethyl adjacent to an activating group) is 1. The van der Waals surface area contributed by atoms with Crippen molar-refractivity contribution in [2.45, 2.75) is 92.5 Å². The summed E-state index contributed by atoms with van der Waals surface area (Å²) in [6, 6.07) is 0. The van der Waals surface area contributed by atoms with E-state index in [1.165, 1.54) is 52.3 Å². The number of phenolic OH excluding ortho intramolecular Hbond substituents is 3. The van der Waals surface area contributed by atoms with Gasteiger partial charge in [0.2, 0.25) is 0 Å². The number of ether oxygens (including phenoxy) is 4. The fourth-order valence-corrected chi connectivity index (χ4v) is 8.03. The van der Waals surface area contributed by atoms with Gasteiger partial charge in [-0.05, 0) is 33.9 Å². The molecule has 4 heterocycles. The zero-order valence-corrected chi connectivity index (χ0v) is 36.1. The normalized spacial score (nSPS) is 31.7. The molecule has 9 atom stereocenters. The average molecular weight is 837 g/mol. The zero-order chi connectivity index (χ0) is 44.4. The van der Waals surface area contributed by atoms with Crippen LogP contribution >= 0.6 is 0 Å². The Bertz CT molecular complexity index is 2090. The summed E-state index contributed by atoms with van der Waals surface area (Å²) >= 11 is 0. The van der Waals surface area contributed by atoms with Gasteiger partial charge < -0.3 is 54.7 Å². The second-order valence-electron chi connectivity index (χ2n) is 16.3. The van der Waals surface area contributed by atoms with Crippen LogP contribution in [0.1, 0.15) is 76.9 Å². The number of aliphatic hydroxyl groups is 2. The summed E-state index contributed by atoms with van der Waals surface area (Å²) in [4.78, 5) is 42.8. The van der Waals surface area contributed by atoms with Crippen molar-refractivity contribution >= 4 is 40.3 Å². The maximum absolute atomic E-state index is 14.5. The van der Waals surface area contributed by atoms with E-state index in [4.69, 9.17) is 18.9 Å². The van der Waals surface area contributed by atoms with E-state index in [9.17, 15) is 39.9 Å². The number of hydrogen-bond donors (Lipinski definition) is 6. The van der Waals surface area contributed by atoms with Gasteiger partial charge in [0.25, 0.3) is 11.7 Å². The number of rotatable bonds is 5. The smallest absolute Gasteiger partial charge is 0.312 e. The minimum atomic E-state index is -2.04. The van der Waals surface area contributed by atoms with Crippen LogP contribution < -0.4 is 10.1 Å². The molecule has 4 aliphatic heterocycles. The molecule has 0 saturated carbocycles. The Morgan fingerprint density at radius 2 is 1.63 bits per heavy atom. The molecule has 6 N–H and O–H groups in total. The fraction of sp³-hybridized carbons (Fsp3) is 0.545. The first-order valence-electron chi connectivity index (χ1n) is 20.4. The van der Waals surface area contributed by atoms with Gasteiger partial charge in [-0.15, -0.1) is 0 Å². The van der Waals surface area contributed by atoms with Gasteiger partial charge in [0.05, 0.1) is 53.0 Å². The number of carbonyl (C=O) groups is 3. The van der Waals surface area contributed by atoms with Gasteiger partial charge in [0.1, 0.15) is 23.4 Å². The summed E-state index contributed by atoms with van der Waals surface area (Å²) in [6.45, 7) is 17.2. The summed E-state index contributed by atoms with van der Waals surface area (Å²) in [6.07, 6.45) is 4.94. The molecule has 0 aliphatic carbocycles. The number of nitrogens with one attached hydrogen (secondary N) is 1. The molecule has 2 aromatic rings. The van der Waals surface area contributed by atoms with E-state index in [-0.39, 0.29) is 51.1 Å². The lowest BCUT2D eigenvalue weighted by molar-refractivity contribution is -0.161. The average Bonchev–Trinajstić information content (AvgIpc) is 3.47. The number of Topliss-reactive ketones (excluding diaryl/α,β-unsaturated/α-hetero) is 1. The van der Waals surface area contributed by atoms with E-state index < -0.39 is 88.8 Å². The van der Waals surface area contributed by atoms with Gasteiger partial charge in [-0.25, -0.2) is 0 Å². The third-order valence-corrected chi connectivity index (χ3v) is 12.0. The second kappa shape index (κ2) is 18.6. The molecule has 4 aliphatic rings. The highest BCUT2D eigenvalue weighted by Gasteiger charge is 2.50. The largest absolute Gasteiger partial charge is 0.507 e. The van der Waals surface area contributed by atoms with E-state index in [0.717, 1.165) is 13.1 Å². The Morgan fingerprint density at radius 1 is 0.967 bits per heavy atom. The van der Waals surface area contributed by atoms with Crippen molar-refractivity contribution in [2.75, 3.05) is 45.2 Å². The van der Waals surface area contributed by atoms with E-state index in [2.05, 4.69) is 15.3 Å². The summed E-state index contributed by atoms with van der Waals surface area (Å²) < 4.78 is 24.0. The number of phenols is 3. The van der Waals surface area contributed by atoms with Crippen LogP contribution in [0.2, 0.25) is 0 Å². The topological polar surface area (TPSA) is 220 Å². The third-order valence-electron chi connectivity index (χ3n) is 12.0. The Balaban J connectivity index is 1.71. The van der Waals surface area contributed by atoms with Crippen LogP contribution in [-0.4, -0.2) is 129 Å². The minimum Gasteiger partial charge on any atom is -0.507 e. The molecule has 6 rings (SSSR count). The molecule has 60 heavy (non-hydrogen) atoms. The number of piperazine rings is 1. The number of nitrogens with zero attached hydrogens (tertiary/aromatic N) is 3. The van der Waals surface area contributed by atoms with E-state index in [0.29, 0.717) is 13.1 Å². The van der Waals surface area contributed by atoms with E-state index >= 15 is 0 Å². The van der Waals surface area contributed by atoms with Crippen LogP contribution in [0, 0.1) is 30.6 Å². The minimum absolute atomic E-state index is 0.0582. The van der Waals surface area contributed by atoms with Crippen LogP contribution in [0.4, 0.5) is 5.69 Å². The molecule has 0 radical (unpaired) electrons. The number of hydrogen-bond acceptors (Lipinski definition) is 15. The van der Waals surface area contributed by atoms with Crippen LogP contribution in [-0.2, 0) is 23.8 Å². The number of carbonyl (C=O) groups excluding carboxylic acids is 3. The molecule has 2 aromatic carbocycles. The van der Waals surface area contributed by atoms with Gasteiger partial charge in [-0.2, -0.15) is 5.10 Å². The van der Waals surface area contributed by atoms with Crippen LogP contribution in [0.5, 0.6) is 23.0 Å². The molecular weight excluding hydrogens is 776 g/mol. The summed E-state index contributed by atoms with van der Waals surface area (Å²) in [5.41, 5.74) is -0.341. The lowest BCUT2D eigenvalue weighted by Gasteiger charge is -2.38. The number of aliphatic hydroxyl groups excluding tert-OH is 2. The SMILES string of the molecule is CCO[C@H]1/C=C/O[C@@]2(C)Oc3c(C)c(O)c4c(O)c(c(/C=N/N5CCN(C)CC5)c(O)c4c3C2=O)NC(=O)/C(C)=C\C=C\[C@H](C)[C@H](O)[C@@H](C)[C@@H](O)[C@@H](C)[C@H](OC(C)=O)[C@@H]1C. The highest BCUT2D eigenvalue weighted by atomic mass is 16.7. The number of hydrazone groups is 1. The number of amides is 1. The number of allylic oxidation sites excluding steroid dienone is 2. The van der Waals surface area contributed by atoms with Gasteiger partial charge >= 0.3 is 11.8 Å². The number of benzene rings is 2. The van der Waals surface area contributed by atoms with Crippen molar-refractivity contribution in [1.82, 2.24) is 9.91 Å². The maximum atomic E-state index is 14.5. The molecule has 1 saturated heterocycles. The van der Waals surface area contributed by atoms with Crippen LogP contribution in [0.15, 0.2) is 41.2 Å². The van der Waals surface area contributed by atoms with Gasteiger partial charge in [0, 0.05) is 86.8 Å². The predicted molar refractivity (Wildman–Crippen MR) is 225 cm³/mol. The Kier molecular flexibility index (Phi) is 14.3. The number of ketones is 1. The van der Waals surface area contributed by atoms with Gasteiger partial charge in [-0.3, -0.25) is 19.4 Å². The highest BCUT2D eigenvalue weighted by molar-refractivity contribution is 6.23. The summed E-state index contributed by atoms with van der Waals surface area (Å²) in [5.74, 6) is -8.32. The first-order chi connectivity index (χ1) is 28.2. The van der Waals surface area contributed by atoms with Crippen molar-refractivity contribution in [3.63, 3.8) is 0 Å². The van der Waals surface area contributed by atoms with Crippen LogP contribution in [0.25, 0.3) is 10.8 Å². The first kappa shape index (κ1) is 45.9.